The smallest absolute Gasteiger partial charge is 0.285 e. The van der Waals surface area contributed by atoms with Crippen molar-refractivity contribution in [1.29, 1.82) is 0 Å². The van der Waals surface area contributed by atoms with Gasteiger partial charge in [-0.2, -0.15) is 8.42 Å². The third-order valence-corrected chi connectivity index (χ3v) is 5.97. The summed E-state index contributed by atoms with van der Waals surface area (Å²) >= 11 is 18.2. The average molecular weight is 450 g/mol. The third kappa shape index (κ3) is 4.73. The van der Waals surface area contributed by atoms with Crippen LogP contribution in [0.4, 0.5) is 0 Å². The summed E-state index contributed by atoms with van der Waals surface area (Å²) in [4.78, 5) is 14.0. The fourth-order valence-electron chi connectivity index (χ4n) is 2.08. The number of benzene rings is 2. The van der Waals surface area contributed by atoms with Gasteiger partial charge in [0.1, 0.15) is 22.0 Å². The van der Waals surface area contributed by atoms with Gasteiger partial charge in [-0.3, -0.25) is 4.79 Å². The predicted octanol–water partition coefficient (Wildman–Crippen LogP) is 4.17. The molecule has 2 rings (SSSR count). The molecule has 0 spiro atoms. The molecular weight excluding hydrogens is 435 g/mol. The van der Waals surface area contributed by atoms with E-state index in [1.54, 1.807) is 14.1 Å². The number of ether oxygens (including phenoxy) is 1. The number of halogens is 3. The molecule has 2 aromatic rings. The van der Waals surface area contributed by atoms with Crippen LogP contribution in [0.25, 0.3) is 0 Å². The Hall–Kier alpha value is -1.80. The highest BCUT2D eigenvalue weighted by atomic mass is 35.5. The van der Waals surface area contributed by atoms with Gasteiger partial charge in [-0.15, -0.1) is 4.40 Å². The summed E-state index contributed by atoms with van der Waals surface area (Å²) in [7, 11) is 0.574. The van der Waals surface area contributed by atoms with Crippen LogP contribution in [-0.4, -0.2) is 46.6 Å². The molecule has 0 aliphatic carbocycles. The van der Waals surface area contributed by atoms with E-state index in [1.807, 2.05) is 0 Å². The van der Waals surface area contributed by atoms with Crippen LogP contribution in [0.3, 0.4) is 0 Å². The number of hydrogen-bond acceptors (Lipinski definition) is 4. The summed E-state index contributed by atoms with van der Waals surface area (Å²) in [6, 6.07) is 6.81. The van der Waals surface area contributed by atoms with E-state index in [2.05, 4.69) is 4.40 Å². The molecule has 144 valence electrons. The molecule has 0 aromatic heterocycles. The maximum Gasteiger partial charge on any atom is 0.285 e. The first-order valence-corrected chi connectivity index (χ1v) is 9.99. The zero-order valence-corrected chi connectivity index (χ0v) is 17.6. The lowest BCUT2D eigenvalue weighted by Gasteiger charge is -2.10. The molecule has 6 nitrogen and oxygen atoms in total. The Kier molecular flexibility index (Phi) is 6.75. The molecule has 0 amide bonds. The quantitative estimate of drug-likeness (QED) is 0.376. The molecule has 0 aliphatic heterocycles. The highest BCUT2D eigenvalue weighted by molar-refractivity contribution is 7.90. The van der Waals surface area contributed by atoms with Gasteiger partial charge in [0.05, 0.1) is 17.2 Å². The van der Waals surface area contributed by atoms with Gasteiger partial charge in [-0.1, -0.05) is 34.8 Å². The number of carbonyl (C=O) groups excluding carboxylic acids is 1. The molecule has 0 N–H and O–H groups in total. The molecule has 0 fully saturated rings. The van der Waals surface area contributed by atoms with Crippen LogP contribution < -0.4 is 4.74 Å². The maximum atomic E-state index is 12.8. The molecule has 0 saturated heterocycles. The van der Waals surface area contributed by atoms with E-state index in [0.29, 0.717) is 5.75 Å². The fraction of sp³-hybridized carbons (Fsp3) is 0.176. The van der Waals surface area contributed by atoms with E-state index in [0.717, 1.165) is 12.4 Å². The molecule has 0 saturated carbocycles. The number of sulfonamides is 1. The van der Waals surface area contributed by atoms with Crippen LogP contribution in [0.1, 0.15) is 15.9 Å². The first-order valence-electron chi connectivity index (χ1n) is 7.41. The second-order valence-electron chi connectivity index (χ2n) is 5.58. The van der Waals surface area contributed by atoms with Crippen LogP contribution in [0.5, 0.6) is 5.75 Å². The summed E-state index contributed by atoms with van der Waals surface area (Å²) in [5.41, 5.74) is 0.172. The van der Waals surface area contributed by atoms with E-state index in [1.165, 1.54) is 36.3 Å². The van der Waals surface area contributed by atoms with Crippen LogP contribution in [0, 0.1) is 0 Å². The number of nitrogens with zero attached hydrogens (tertiary/aromatic N) is 2. The van der Waals surface area contributed by atoms with E-state index in [4.69, 9.17) is 39.5 Å². The van der Waals surface area contributed by atoms with Gasteiger partial charge in [-0.05, 0) is 30.3 Å². The zero-order chi connectivity index (χ0) is 20.4. The number of ketones is 1. The van der Waals surface area contributed by atoms with Crippen molar-refractivity contribution in [3.05, 3.63) is 56.5 Å². The van der Waals surface area contributed by atoms with Gasteiger partial charge < -0.3 is 9.64 Å². The van der Waals surface area contributed by atoms with Crippen molar-refractivity contribution in [3.63, 3.8) is 0 Å². The zero-order valence-electron chi connectivity index (χ0n) is 14.5. The highest BCUT2D eigenvalue weighted by Crippen LogP contribution is 2.36. The van der Waals surface area contributed by atoms with E-state index >= 15 is 0 Å². The number of rotatable bonds is 6. The lowest BCUT2D eigenvalue weighted by Crippen LogP contribution is -2.11. The Morgan fingerprint density at radius 2 is 1.78 bits per heavy atom. The van der Waals surface area contributed by atoms with Gasteiger partial charge in [0.2, 0.25) is 0 Å². The molecule has 2 aromatic carbocycles. The maximum absolute atomic E-state index is 12.8. The van der Waals surface area contributed by atoms with Crippen LogP contribution in [0.2, 0.25) is 15.1 Å². The molecule has 0 heterocycles. The molecule has 27 heavy (non-hydrogen) atoms. The average Bonchev–Trinajstić information content (AvgIpc) is 2.62. The SMILES string of the molecule is COc1ccc(C(=O)c2ccc(Cl)c(S(=O)(=O)/N=C/N(C)C)c2)c(Cl)c1Cl. The molecule has 0 radical (unpaired) electrons. The van der Waals surface area contributed by atoms with Gasteiger partial charge in [-0.25, -0.2) is 0 Å². The third-order valence-electron chi connectivity index (χ3n) is 3.40. The normalized spacial score (nSPS) is 11.6. The highest BCUT2D eigenvalue weighted by Gasteiger charge is 2.22. The summed E-state index contributed by atoms with van der Waals surface area (Å²) in [5, 5.41) is 0.0368. The molecule has 0 bridgehead atoms. The Labute approximate surface area is 172 Å². The van der Waals surface area contributed by atoms with Crippen LogP contribution in [-0.2, 0) is 10.0 Å². The summed E-state index contributed by atoms with van der Waals surface area (Å²) < 4.78 is 33.4. The minimum atomic E-state index is -4.09. The molecular formula is C17H15Cl3N2O4S. The van der Waals surface area contributed by atoms with Crippen molar-refractivity contribution >= 4 is 56.9 Å². The van der Waals surface area contributed by atoms with E-state index in [9.17, 15) is 13.2 Å². The lowest BCUT2D eigenvalue weighted by molar-refractivity contribution is 0.103. The summed E-state index contributed by atoms with van der Waals surface area (Å²) in [6.07, 6.45) is 1.13. The second kappa shape index (κ2) is 8.48. The largest absolute Gasteiger partial charge is 0.495 e. The van der Waals surface area contributed by atoms with Gasteiger partial charge in [0.15, 0.2) is 5.78 Å². The van der Waals surface area contributed by atoms with Gasteiger partial charge in [0.25, 0.3) is 10.0 Å². The Morgan fingerprint density at radius 1 is 1.11 bits per heavy atom. The second-order valence-corrected chi connectivity index (χ2v) is 8.34. The first kappa shape index (κ1) is 21.5. The lowest BCUT2D eigenvalue weighted by atomic mass is 10.0. The van der Waals surface area contributed by atoms with Crippen molar-refractivity contribution in [1.82, 2.24) is 4.90 Å². The van der Waals surface area contributed by atoms with Crippen molar-refractivity contribution in [2.75, 3.05) is 21.2 Å². The van der Waals surface area contributed by atoms with Crippen molar-refractivity contribution in [2.45, 2.75) is 4.90 Å². The van der Waals surface area contributed by atoms with Crippen LogP contribution in [0.15, 0.2) is 39.6 Å². The predicted molar refractivity (Wildman–Crippen MR) is 107 cm³/mol. The Morgan fingerprint density at radius 3 is 2.37 bits per heavy atom. The van der Waals surface area contributed by atoms with Crippen molar-refractivity contribution in [3.8, 4) is 5.75 Å². The molecule has 0 atom stereocenters. The standard InChI is InChI=1S/C17H15Cl3N2O4S/c1-22(2)9-21-27(24,25)14-8-10(4-6-12(14)18)17(23)11-5-7-13(26-3)16(20)15(11)19/h4-9H,1-3H3/b21-9+. The van der Waals surface area contributed by atoms with Crippen LogP contribution >= 0.6 is 34.8 Å². The number of hydrogen-bond donors (Lipinski definition) is 0. The topological polar surface area (TPSA) is 76.0 Å². The minimum absolute atomic E-state index is 0.00556. The van der Waals surface area contributed by atoms with Crippen molar-refractivity contribution < 1.29 is 17.9 Å². The monoisotopic (exact) mass is 448 g/mol. The Balaban J connectivity index is 2.53. The van der Waals surface area contributed by atoms with Gasteiger partial charge in [0, 0.05) is 25.2 Å². The summed E-state index contributed by atoms with van der Waals surface area (Å²) in [6.45, 7) is 0. The van der Waals surface area contributed by atoms with E-state index < -0.39 is 15.8 Å². The molecule has 0 aliphatic rings. The first-order chi connectivity index (χ1) is 12.6. The fourth-order valence-corrected chi connectivity index (χ4v) is 3.99. The van der Waals surface area contributed by atoms with Crippen molar-refractivity contribution in [2.24, 2.45) is 4.40 Å². The van der Waals surface area contributed by atoms with Gasteiger partial charge >= 0.3 is 0 Å². The molecule has 10 heteroatoms. The summed E-state index contributed by atoms with van der Waals surface area (Å²) in [5.74, 6) is -0.204. The van der Waals surface area contributed by atoms with E-state index in [-0.39, 0.29) is 31.1 Å². The number of methoxy groups -OCH3 is 1. The Bertz CT molecular complexity index is 1020. The number of carbonyl (C=O) groups is 1. The molecule has 0 unspecified atom stereocenters. The minimum Gasteiger partial charge on any atom is -0.495 e.